The summed E-state index contributed by atoms with van der Waals surface area (Å²) >= 11 is 1.05. The van der Waals surface area contributed by atoms with Gasteiger partial charge < -0.3 is 10.4 Å². The lowest BCUT2D eigenvalue weighted by Gasteiger charge is -2.05. The third-order valence-electron chi connectivity index (χ3n) is 2.54. The third-order valence-corrected chi connectivity index (χ3v) is 3.61. The molecule has 98 valence electrons. The van der Waals surface area contributed by atoms with Crippen LogP contribution in [0.3, 0.4) is 0 Å². The number of nitrogens with zero attached hydrogens (tertiary/aromatic N) is 1. The Hall–Kier alpha value is -2.21. The molecule has 0 amide bonds. The van der Waals surface area contributed by atoms with Crippen LogP contribution in [0.15, 0.2) is 24.3 Å². The molecule has 0 bridgehead atoms. The van der Waals surface area contributed by atoms with Gasteiger partial charge in [0.25, 0.3) is 0 Å². The number of carboxylic acids is 1. The molecule has 0 radical (unpaired) electrons. The Morgan fingerprint density at radius 1 is 1.32 bits per heavy atom. The lowest BCUT2D eigenvalue weighted by molar-refractivity contribution is 0.0687. The summed E-state index contributed by atoms with van der Waals surface area (Å²) in [6, 6.07) is 7.57. The molecule has 1 aromatic heterocycles. The second-order valence-electron chi connectivity index (χ2n) is 4.00. The highest BCUT2D eigenvalue weighted by molar-refractivity contribution is 7.17. The van der Waals surface area contributed by atoms with E-state index in [2.05, 4.69) is 10.3 Å². The van der Waals surface area contributed by atoms with Crippen LogP contribution in [0.1, 0.15) is 32.6 Å². The quantitative estimate of drug-likeness (QED) is 0.839. The maximum Gasteiger partial charge on any atom is 0.356 e. The first-order valence-corrected chi connectivity index (χ1v) is 6.38. The summed E-state index contributed by atoms with van der Waals surface area (Å²) in [5.41, 5.74) is 1.65. The van der Waals surface area contributed by atoms with Crippen LogP contribution in [0.25, 0.3) is 0 Å². The van der Waals surface area contributed by atoms with Gasteiger partial charge in [0.2, 0.25) is 0 Å². The smallest absolute Gasteiger partial charge is 0.356 e. The Morgan fingerprint density at radius 3 is 2.53 bits per heavy atom. The van der Waals surface area contributed by atoms with Crippen LogP contribution < -0.4 is 5.32 Å². The zero-order valence-electron chi connectivity index (χ0n) is 10.4. The second kappa shape index (κ2) is 5.19. The lowest BCUT2D eigenvalue weighted by atomic mass is 10.2. The van der Waals surface area contributed by atoms with Crippen LogP contribution in [0.4, 0.5) is 10.8 Å². The number of rotatable bonds is 4. The van der Waals surface area contributed by atoms with E-state index < -0.39 is 5.97 Å². The van der Waals surface area contributed by atoms with Crippen molar-refractivity contribution in [2.75, 3.05) is 5.32 Å². The minimum atomic E-state index is -1.20. The maximum atomic E-state index is 11.4. The molecule has 0 aliphatic rings. The largest absolute Gasteiger partial charge is 0.476 e. The van der Waals surface area contributed by atoms with Gasteiger partial charge in [0.05, 0.1) is 0 Å². The predicted molar refractivity (Wildman–Crippen MR) is 73.5 cm³/mol. The van der Waals surface area contributed by atoms with Crippen molar-refractivity contribution in [2.24, 2.45) is 0 Å². The molecule has 0 spiro atoms. The van der Waals surface area contributed by atoms with Crippen molar-refractivity contribution >= 4 is 33.9 Å². The molecular weight excluding hydrogens is 264 g/mol. The van der Waals surface area contributed by atoms with Crippen molar-refractivity contribution in [2.45, 2.75) is 13.8 Å². The number of para-hydroxylation sites is 1. The number of aryl methyl sites for hydroxylation is 1. The SMILES string of the molecule is CC(=O)c1sc(Nc2ccccc2C)nc1C(=O)O. The normalized spacial score (nSPS) is 10.2. The summed E-state index contributed by atoms with van der Waals surface area (Å²) in [7, 11) is 0. The fourth-order valence-corrected chi connectivity index (χ4v) is 2.45. The van der Waals surface area contributed by atoms with Crippen molar-refractivity contribution in [1.29, 1.82) is 0 Å². The number of carbonyl (C=O) groups is 2. The summed E-state index contributed by atoms with van der Waals surface area (Å²) in [6.07, 6.45) is 0. The first-order chi connectivity index (χ1) is 8.99. The van der Waals surface area contributed by atoms with Gasteiger partial charge >= 0.3 is 5.97 Å². The Bertz CT molecular complexity index is 618. The minimum absolute atomic E-state index is 0.156. The van der Waals surface area contributed by atoms with Crippen LogP contribution in [0.2, 0.25) is 0 Å². The number of aromatic nitrogens is 1. The summed E-state index contributed by atoms with van der Waals surface area (Å²) < 4.78 is 0. The summed E-state index contributed by atoms with van der Waals surface area (Å²) in [6.45, 7) is 3.26. The van der Waals surface area contributed by atoms with Gasteiger partial charge in [0, 0.05) is 12.6 Å². The Labute approximate surface area is 113 Å². The van der Waals surface area contributed by atoms with Crippen LogP contribution in [0, 0.1) is 6.92 Å². The van der Waals surface area contributed by atoms with Gasteiger partial charge in [-0.1, -0.05) is 29.5 Å². The topological polar surface area (TPSA) is 79.3 Å². The number of ketones is 1. The fraction of sp³-hybridized carbons (Fsp3) is 0.154. The molecule has 1 heterocycles. The van der Waals surface area contributed by atoms with E-state index in [0.29, 0.717) is 5.13 Å². The highest BCUT2D eigenvalue weighted by Gasteiger charge is 2.20. The van der Waals surface area contributed by atoms with Crippen molar-refractivity contribution in [3.63, 3.8) is 0 Å². The van der Waals surface area contributed by atoms with Crippen molar-refractivity contribution in [1.82, 2.24) is 4.98 Å². The molecule has 0 aliphatic carbocycles. The average molecular weight is 276 g/mol. The van der Waals surface area contributed by atoms with Gasteiger partial charge in [-0.25, -0.2) is 9.78 Å². The van der Waals surface area contributed by atoms with Crippen LogP contribution >= 0.6 is 11.3 Å². The van der Waals surface area contributed by atoms with Gasteiger partial charge in [-0.15, -0.1) is 0 Å². The molecule has 0 fully saturated rings. The first-order valence-electron chi connectivity index (χ1n) is 5.56. The number of anilines is 2. The molecule has 5 nitrogen and oxygen atoms in total. The van der Waals surface area contributed by atoms with Gasteiger partial charge in [0.15, 0.2) is 16.6 Å². The van der Waals surface area contributed by atoms with E-state index in [1.54, 1.807) is 0 Å². The Kier molecular flexibility index (Phi) is 3.62. The molecule has 1 aromatic carbocycles. The molecule has 0 saturated heterocycles. The van der Waals surface area contributed by atoms with E-state index in [1.165, 1.54) is 6.92 Å². The number of nitrogens with one attached hydrogen (secondary N) is 1. The number of carbonyl (C=O) groups excluding carboxylic acids is 1. The van der Waals surface area contributed by atoms with Gasteiger partial charge in [-0.2, -0.15) is 0 Å². The first kappa shape index (κ1) is 13.2. The molecule has 6 heteroatoms. The lowest BCUT2D eigenvalue weighted by Crippen LogP contribution is -2.03. The predicted octanol–water partition coefficient (Wildman–Crippen LogP) is 3.10. The van der Waals surface area contributed by atoms with Crippen LogP contribution in [-0.4, -0.2) is 21.8 Å². The molecule has 0 atom stereocenters. The van der Waals surface area contributed by atoms with E-state index in [-0.39, 0.29) is 16.4 Å². The number of hydrogen-bond acceptors (Lipinski definition) is 5. The number of thiazole rings is 1. The van der Waals surface area contributed by atoms with E-state index in [4.69, 9.17) is 5.11 Å². The number of hydrogen-bond donors (Lipinski definition) is 2. The standard InChI is InChI=1S/C13H12N2O3S/c1-7-5-3-4-6-9(7)14-13-15-10(12(17)18)11(19-13)8(2)16/h3-6H,1-2H3,(H,14,15)(H,17,18). The third kappa shape index (κ3) is 2.79. The number of aromatic carboxylic acids is 1. The number of carboxylic acid groups (broad SMARTS) is 1. The Morgan fingerprint density at radius 2 is 2.00 bits per heavy atom. The average Bonchev–Trinajstić information content (AvgIpc) is 2.76. The van der Waals surface area contributed by atoms with E-state index in [0.717, 1.165) is 22.6 Å². The summed E-state index contributed by atoms with van der Waals surface area (Å²) in [5, 5.41) is 12.4. The van der Waals surface area contributed by atoms with E-state index in [1.807, 2.05) is 31.2 Å². The van der Waals surface area contributed by atoms with Crippen LogP contribution in [0.5, 0.6) is 0 Å². The molecule has 0 saturated carbocycles. The molecule has 2 aromatic rings. The second-order valence-corrected chi connectivity index (χ2v) is 5.00. The van der Waals surface area contributed by atoms with E-state index in [9.17, 15) is 9.59 Å². The number of Topliss-reactive ketones (excluding diaryl/α,β-unsaturated/α-hetero) is 1. The van der Waals surface area contributed by atoms with Crippen LogP contribution in [-0.2, 0) is 0 Å². The highest BCUT2D eigenvalue weighted by Crippen LogP contribution is 2.27. The Balaban J connectivity index is 2.37. The van der Waals surface area contributed by atoms with Gasteiger partial charge in [0.1, 0.15) is 4.88 Å². The summed E-state index contributed by atoms with van der Waals surface area (Å²) in [5.74, 6) is -1.49. The number of benzene rings is 1. The zero-order valence-corrected chi connectivity index (χ0v) is 11.2. The minimum Gasteiger partial charge on any atom is -0.476 e. The summed E-state index contributed by atoms with van der Waals surface area (Å²) in [4.78, 5) is 26.5. The fourth-order valence-electron chi connectivity index (χ4n) is 1.59. The monoisotopic (exact) mass is 276 g/mol. The molecular formula is C13H12N2O3S. The van der Waals surface area contributed by atoms with E-state index >= 15 is 0 Å². The maximum absolute atomic E-state index is 11.4. The molecule has 2 rings (SSSR count). The highest BCUT2D eigenvalue weighted by atomic mass is 32.1. The van der Waals surface area contributed by atoms with Crippen molar-refractivity contribution in [3.8, 4) is 0 Å². The molecule has 0 aliphatic heterocycles. The van der Waals surface area contributed by atoms with Gasteiger partial charge in [-0.3, -0.25) is 4.79 Å². The molecule has 19 heavy (non-hydrogen) atoms. The zero-order chi connectivity index (χ0) is 14.0. The van der Waals surface area contributed by atoms with Gasteiger partial charge in [-0.05, 0) is 18.6 Å². The molecule has 0 unspecified atom stereocenters. The molecule has 2 N–H and O–H groups in total. The van der Waals surface area contributed by atoms with Crippen molar-refractivity contribution < 1.29 is 14.7 Å². The van der Waals surface area contributed by atoms with Crippen molar-refractivity contribution in [3.05, 3.63) is 40.4 Å².